The fraction of sp³-hybridized carbons (Fsp3) is 0.375. The van der Waals surface area contributed by atoms with Gasteiger partial charge in [-0.05, 0) is 44.0 Å². The van der Waals surface area contributed by atoms with Crippen molar-refractivity contribution in [2.45, 2.75) is 34.1 Å². The van der Waals surface area contributed by atoms with Gasteiger partial charge in [0.05, 0.1) is 0 Å². The molecule has 0 aliphatic heterocycles. The zero-order chi connectivity index (χ0) is 15.6. The molecule has 21 heavy (non-hydrogen) atoms. The first-order valence-electron chi connectivity index (χ1n) is 7.12. The maximum absolute atomic E-state index is 5.57. The third kappa shape index (κ3) is 3.13. The largest absolute Gasteiger partial charge is 0.329 e. The van der Waals surface area contributed by atoms with Gasteiger partial charge in [-0.25, -0.2) is 15.8 Å². The Kier molecular flexibility index (Phi) is 4.43. The lowest BCUT2D eigenvalue weighted by Gasteiger charge is -2.23. The molecule has 5 heteroatoms. The Labute approximate surface area is 126 Å². The van der Waals surface area contributed by atoms with Gasteiger partial charge >= 0.3 is 0 Å². The summed E-state index contributed by atoms with van der Waals surface area (Å²) in [6.45, 7) is 8.21. The summed E-state index contributed by atoms with van der Waals surface area (Å²) in [5.74, 6) is 7.90. The predicted octanol–water partition coefficient (Wildman–Crippen LogP) is 3.02. The van der Waals surface area contributed by atoms with Crippen molar-refractivity contribution in [3.63, 3.8) is 0 Å². The molecule has 0 aliphatic rings. The summed E-state index contributed by atoms with van der Waals surface area (Å²) in [7, 11) is 2.02. The molecule has 1 aromatic heterocycles. The van der Waals surface area contributed by atoms with Crippen molar-refractivity contribution in [2.24, 2.45) is 5.84 Å². The molecule has 0 bridgehead atoms. The number of rotatable bonds is 4. The monoisotopic (exact) mass is 285 g/mol. The Balaban J connectivity index is 2.54. The summed E-state index contributed by atoms with van der Waals surface area (Å²) in [5.41, 5.74) is 7.18. The average Bonchev–Trinajstić information content (AvgIpc) is 2.45. The van der Waals surface area contributed by atoms with Crippen molar-refractivity contribution < 1.29 is 0 Å². The van der Waals surface area contributed by atoms with E-state index in [-0.39, 0.29) is 0 Å². The van der Waals surface area contributed by atoms with Crippen molar-refractivity contribution >= 4 is 17.3 Å². The number of nitrogen functional groups attached to an aromatic ring is 1. The number of aromatic nitrogens is 2. The van der Waals surface area contributed by atoms with Crippen LogP contribution in [0.1, 0.15) is 29.4 Å². The summed E-state index contributed by atoms with van der Waals surface area (Å²) in [6, 6.07) is 6.46. The lowest BCUT2D eigenvalue weighted by Crippen LogP contribution is -2.18. The normalized spacial score (nSPS) is 10.6. The van der Waals surface area contributed by atoms with E-state index < -0.39 is 0 Å². The van der Waals surface area contributed by atoms with E-state index in [9.17, 15) is 0 Å². The highest BCUT2D eigenvalue weighted by Gasteiger charge is 2.15. The zero-order valence-corrected chi connectivity index (χ0v) is 13.4. The highest BCUT2D eigenvalue weighted by molar-refractivity contribution is 5.67. The third-order valence-electron chi connectivity index (χ3n) is 3.53. The molecule has 112 valence electrons. The molecule has 0 aliphatic carbocycles. The second kappa shape index (κ2) is 6.10. The number of nitrogens with zero attached hydrogens (tertiary/aromatic N) is 3. The fourth-order valence-electron chi connectivity index (χ4n) is 2.44. The molecule has 2 rings (SSSR count). The van der Waals surface area contributed by atoms with Gasteiger partial charge < -0.3 is 10.3 Å². The summed E-state index contributed by atoms with van der Waals surface area (Å²) in [6.07, 6.45) is 0.767. The molecule has 0 spiro atoms. The first-order chi connectivity index (χ1) is 9.96. The van der Waals surface area contributed by atoms with Gasteiger partial charge in [0.2, 0.25) is 0 Å². The van der Waals surface area contributed by atoms with Crippen molar-refractivity contribution in [1.82, 2.24) is 9.97 Å². The zero-order valence-electron chi connectivity index (χ0n) is 13.4. The van der Waals surface area contributed by atoms with E-state index in [1.165, 1.54) is 11.1 Å². The van der Waals surface area contributed by atoms with Crippen LogP contribution in [0, 0.1) is 20.8 Å². The molecule has 5 nitrogen and oxygen atoms in total. The van der Waals surface area contributed by atoms with Crippen LogP contribution in [-0.4, -0.2) is 17.0 Å². The van der Waals surface area contributed by atoms with E-state index in [1.54, 1.807) is 0 Å². The standard InChI is InChI=1S/C16H23N5/c1-6-14-18-15(20-17)12(4)16(19-14)21(5)13-8-10(2)7-11(3)9-13/h7-9H,6,17H2,1-5H3,(H,18,19,20). The van der Waals surface area contributed by atoms with Gasteiger partial charge in [-0.1, -0.05) is 13.0 Å². The van der Waals surface area contributed by atoms with Crippen molar-refractivity contribution in [3.05, 3.63) is 40.7 Å². The summed E-state index contributed by atoms with van der Waals surface area (Å²) in [5, 5.41) is 0. The summed E-state index contributed by atoms with van der Waals surface area (Å²) >= 11 is 0. The van der Waals surface area contributed by atoms with Gasteiger partial charge in [0.1, 0.15) is 17.5 Å². The molecule has 0 saturated carbocycles. The Bertz CT molecular complexity index is 631. The maximum atomic E-state index is 5.57. The number of hydrazine groups is 1. The molecule has 0 radical (unpaired) electrons. The van der Waals surface area contributed by atoms with Crippen molar-refractivity contribution in [1.29, 1.82) is 0 Å². The van der Waals surface area contributed by atoms with Crippen molar-refractivity contribution in [2.75, 3.05) is 17.4 Å². The lowest BCUT2D eigenvalue weighted by molar-refractivity contribution is 0.913. The van der Waals surface area contributed by atoms with E-state index >= 15 is 0 Å². The minimum absolute atomic E-state index is 0.674. The van der Waals surface area contributed by atoms with Crippen LogP contribution in [-0.2, 0) is 6.42 Å². The molecule has 3 N–H and O–H groups in total. The lowest BCUT2D eigenvalue weighted by atomic mass is 10.1. The first-order valence-corrected chi connectivity index (χ1v) is 7.12. The van der Waals surface area contributed by atoms with Gasteiger partial charge in [-0.3, -0.25) is 0 Å². The van der Waals surface area contributed by atoms with Gasteiger partial charge in [0, 0.05) is 24.7 Å². The molecule has 0 saturated heterocycles. The molecule has 0 atom stereocenters. The third-order valence-corrected chi connectivity index (χ3v) is 3.53. The molecule has 1 heterocycles. The van der Waals surface area contributed by atoms with Crippen LogP contribution in [0.15, 0.2) is 18.2 Å². The van der Waals surface area contributed by atoms with Gasteiger partial charge in [0.25, 0.3) is 0 Å². The number of hydrogen-bond donors (Lipinski definition) is 2. The smallest absolute Gasteiger partial charge is 0.148 e. The number of nitrogens with one attached hydrogen (secondary N) is 1. The topological polar surface area (TPSA) is 67.1 Å². The van der Waals surface area contributed by atoms with E-state index in [2.05, 4.69) is 52.3 Å². The van der Waals surface area contributed by atoms with Crippen LogP contribution >= 0.6 is 0 Å². The molecular weight excluding hydrogens is 262 g/mol. The van der Waals surface area contributed by atoms with Crippen LogP contribution in [0.4, 0.5) is 17.3 Å². The molecule has 0 amide bonds. The van der Waals surface area contributed by atoms with E-state index in [4.69, 9.17) is 5.84 Å². The molecule has 0 fully saturated rings. The molecule has 1 aromatic carbocycles. The Morgan fingerprint density at radius 1 is 1.10 bits per heavy atom. The van der Waals surface area contributed by atoms with Crippen LogP contribution < -0.4 is 16.2 Å². The van der Waals surface area contributed by atoms with E-state index in [0.29, 0.717) is 5.82 Å². The average molecular weight is 285 g/mol. The molecule has 0 unspecified atom stereocenters. The van der Waals surface area contributed by atoms with Gasteiger partial charge in [0.15, 0.2) is 0 Å². The van der Waals surface area contributed by atoms with Crippen LogP contribution in [0.2, 0.25) is 0 Å². The molecule has 2 aromatic rings. The minimum Gasteiger partial charge on any atom is -0.329 e. The quantitative estimate of drug-likeness (QED) is 0.667. The Morgan fingerprint density at radius 2 is 1.71 bits per heavy atom. The number of benzene rings is 1. The number of nitrogens with two attached hydrogens (primary N) is 1. The highest BCUT2D eigenvalue weighted by atomic mass is 15.3. The summed E-state index contributed by atoms with van der Waals surface area (Å²) < 4.78 is 0. The van der Waals surface area contributed by atoms with Crippen LogP contribution in [0.5, 0.6) is 0 Å². The maximum Gasteiger partial charge on any atom is 0.148 e. The number of hydrogen-bond acceptors (Lipinski definition) is 5. The second-order valence-electron chi connectivity index (χ2n) is 5.34. The number of aryl methyl sites for hydroxylation is 3. The second-order valence-corrected chi connectivity index (χ2v) is 5.34. The van der Waals surface area contributed by atoms with Crippen LogP contribution in [0.3, 0.4) is 0 Å². The van der Waals surface area contributed by atoms with E-state index in [0.717, 1.165) is 29.3 Å². The van der Waals surface area contributed by atoms with Gasteiger partial charge in [-0.2, -0.15) is 0 Å². The predicted molar refractivity (Wildman–Crippen MR) is 87.9 cm³/mol. The number of anilines is 3. The Hall–Kier alpha value is -2.14. The van der Waals surface area contributed by atoms with E-state index in [1.807, 2.05) is 20.9 Å². The summed E-state index contributed by atoms with van der Waals surface area (Å²) in [4.78, 5) is 11.1. The van der Waals surface area contributed by atoms with Crippen molar-refractivity contribution in [3.8, 4) is 0 Å². The fourth-order valence-corrected chi connectivity index (χ4v) is 2.44. The highest BCUT2D eigenvalue weighted by Crippen LogP contribution is 2.29. The SMILES string of the molecule is CCc1nc(NN)c(C)c(N(C)c2cc(C)cc(C)c2)n1. The Morgan fingerprint density at radius 3 is 2.24 bits per heavy atom. The molecular formula is C16H23N5. The van der Waals surface area contributed by atoms with Gasteiger partial charge in [-0.15, -0.1) is 0 Å². The van der Waals surface area contributed by atoms with Crippen LogP contribution in [0.25, 0.3) is 0 Å². The first kappa shape index (κ1) is 15.3. The minimum atomic E-state index is 0.674.